The normalized spacial score (nSPS) is 15.6. The second-order valence-corrected chi connectivity index (χ2v) is 7.92. The number of anilines is 1. The first kappa shape index (κ1) is 18.5. The molecule has 0 bridgehead atoms. The summed E-state index contributed by atoms with van der Waals surface area (Å²) in [5.41, 5.74) is 1.06. The van der Waals surface area contributed by atoms with Gasteiger partial charge in [-0.05, 0) is 48.9 Å². The highest BCUT2D eigenvalue weighted by molar-refractivity contribution is 7.89. The summed E-state index contributed by atoms with van der Waals surface area (Å²) < 4.78 is 45.5. The molecule has 1 saturated heterocycles. The molecule has 3 rings (SSSR count). The number of benzene rings is 2. The quantitative estimate of drug-likeness (QED) is 0.887. The van der Waals surface area contributed by atoms with Crippen molar-refractivity contribution in [3.8, 4) is 0 Å². The summed E-state index contributed by atoms with van der Waals surface area (Å²) >= 11 is 0. The SMILES string of the molecule is Cc1ccc(NC(=O)c2ccc(S(=O)(=O)N3CCOCC3)cc2)c(F)c1. The predicted molar refractivity (Wildman–Crippen MR) is 95.1 cm³/mol. The molecule has 0 unspecified atom stereocenters. The lowest BCUT2D eigenvalue weighted by Crippen LogP contribution is -2.40. The topological polar surface area (TPSA) is 75.7 Å². The van der Waals surface area contributed by atoms with E-state index in [1.165, 1.54) is 40.7 Å². The number of amides is 1. The molecule has 0 atom stereocenters. The number of aryl methyl sites for hydroxylation is 1. The Morgan fingerprint density at radius 2 is 1.77 bits per heavy atom. The number of ether oxygens (including phenoxy) is 1. The van der Waals surface area contributed by atoms with Crippen LogP contribution >= 0.6 is 0 Å². The van der Waals surface area contributed by atoms with E-state index >= 15 is 0 Å². The average molecular weight is 378 g/mol. The van der Waals surface area contributed by atoms with Gasteiger partial charge in [0.2, 0.25) is 10.0 Å². The van der Waals surface area contributed by atoms with Gasteiger partial charge in [-0.15, -0.1) is 0 Å². The fraction of sp³-hybridized carbons (Fsp3) is 0.278. The monoisotopic (exact) mass is 378 g/mol. The van der Waals surface area contributed by atoms with Crippen LogP contribution in [0.4, 0.5) is 10.1 Å². The van der Waals surface area contributed by atoms with E-state index in [2.05, 4.69) is 5.32 Å². The maximum atomic E-state index is 13.8. The van der Waals surface area contributed by atoms with Gasteiger partial charge >= 0.3 is 0 Å². The Bertz CT molecular complexity index is 907. The van der Waals surface area contributed by atoms with Gasteiger partial charge in [0, 0.05) is 18.7 Å². The third-order valence-corrected chi connectivity index (χ3v) is 6.01. The fourth-order valence-corrected chi connectivity index (χ4v) is 4.04. The first-order chi connectivity index (χ1) is 12.4. The van der Waals surface area contributed by atoms with Crippen molar-refractivity contribution in [2.45, 2.75) is 11.8 Å². The van der Waals surface area contributed by atoms with E-state index in [0.717, 1.165) is 5.56 Å². The minimum absolute atomic E-state index is 0.0746. The van der Waals surface area contributed by atoms with E-state index in [4.69, 9.17) is 4.74 Å². The summed E-state index contributed by atoms with van der Waals surface area (Å²) in [5.74, 6) is -1.03. The highest BCUT2D eigenvalue weighted by atomic mass is 32.2. The molecule has 1 heterocycles. The molecule has 6 nitrogen and oxygen atoms in total. The van der Waals surface area contributed by atoms with E-state index in [1.807, 2.05) is 0 Å². The van der Waals surface area contributed by atoms with Crippen molar-refractivity contribution in [1.29, 1.82) is 0 Å². The van der Waals surface area contributed by atoms with Crippen LogP contribution in [0.5, 0.6) is 0 Å². The van der Waals surface area contributed by atoms with E-state index < -0.39 is 21.7 Å². The molecule has 1 N–H and O–H groups in total. The number of hydrogen-bond donors (Lipinski definition) is 1. The van der Waals surface area contributed by atoms with Crippen molar-refractivity contribution in [2.24, 2.45) is 0 Å². The number of sulfonamides is 1. The van der Waals surface area contributed by atoms with Crippen LogP contribution in [0.1, 0.15) is 15.9 Å². The maximum absolute atomic E-state index is 13.8. The summed E-state index contributed by atoms with van der Waals surface area (Å²) in [6.07, 6.45) is 0. The van der Waals surface area contributed by atoms with Gasteiger partial charge in [0.15, 0.2) is 0 Å². The second kappa shape index (κ2) is 7.53. The second-order valence-electron chi connectivity index (χ2n) is 5.98. The van der Waals surface area contributed by atoms with E-state index in [1.54, 1.807) is 13.0 Å². The zero-order chi connectivity index (χ0) is 18.7. The van der Waals surface area contributed by atoms with Crippen molar-refractivity contribution in [3.63, 3.8) is 0 Å². The number of nitrogens with one attached hydrogen (secondary N) is 1. The van der Waals surface area contributed by atoms with Crippen LogP contribution in [0.25, 0.3) is 0 Å². The Morgan fingerprint density at radius 1 is 1.12 bits per heavy atom. The van der Waals surface area contributed by atoms with Crippen molar-refractivity contribution < 1.29 is 22.3 Å². The Balaban J connectivity index is 1.75. The first-order valence-corrected chi connectivity index (χ1v) is 9.57. The van der Waals surface area contributed by atoms with Crippen molar-refractivity contribution in [1.82, 2.24) is 4.31 Å². The lowest BCUT2D eigenvalue weighted by molar-refractivity contribution is 0.0730. The maximum Gasteiger partial charge on any atom is 0.255 e. The van der Waals surface area contributed by atoms with Crippen LogP contribution in [0.2, 0.25) is 0 Å². The minimum atomic E-state index is -3.61. The molecular formula is C18H19FN2O4S. The highest BCUT2D eigenvalue weighted by Gasteiger charge is 2.26. The van der Waals surface area contributed by atoms with Crippen LogP contribution < -0.4 is 5.32 Å². The number of rotatable bonds is 4. The standard InChI is InChI=1S/C18H19FN2O4S/c1-13-2-7-17(16(19)12-13)20-18(22)14-3-5-15(6-4-14)26(23,24)21-8-10-25-11-9-21/h2-7,12H,8-11H2,1H3,(H,20,22). The van der Waals surface area contributed by atoms with E-state index in [9.17, 15) is 17.6 Å². The largest absolute Gasteiger partial charge is 0.379 e. The van der Waals surface area contributed by atoms with Gasteiger partial charge in [0.1, 0.15) is 5.82 Å². The lowest BCUT2D eigenvalue weighted by Gasteiger charge is -2.26. The molecule has 0 aromatic heterocycles. The lowest BCUT2D eigenvalue weighted by atomic mass is 10.2. The zero-order valence-electron chi connectivity index (χ0n) is 14.2. The van der Waals surface area contributed by atoms with E-state index in [0.29, 0.717) is 26.3 Å². The summed E-state index contributed by atoms with van der Waals surface area (Å²) in [7, 11) is -3.61. The summed E-state index contributed by atoms with van der Waals surface area (Å²) in [4.78, 5) is 12.4. The molecule has 0 aliphatic carbocycles. The van der Waals surface area contributed by atoms with Crippen molar-refractivity contribution >= 4 is 21.6 Å². The van der Waals surface area contributed by atoms with Gasteiger partial charge in [-0.1, -0.05) is 6.07 Å². The van der Waals surface area contributed by atoms with Gasteiger partial charge in [-0.2, -0.15) is 4.31 Å². The molecule has 0 saturated carbocycles. The molecule has 1 amide bonds. The highest BCUT2D eigenvalue weighted by Crippen LogP contribution is 2.19. The van der Waals surface area contributed by atoms with Gasteiger partial charge in [0.05, 0.1) is 23.8 Å². The van der Waals surface area contributed by atoms with Gasteiger partial charge < -0.3 is 10.1 Å². The van der Waals surface area contributed by atoms with Gasteiger partial charge in [-0.25, -0.2) is 12.8 Å². The van der Waals surface area contributed by atoms with Crippen LogP contribution in [-0.2, 0) is 14.8 Å². The summed E-state index contributed by atoms with van der Waals surface area (Å²) in [6, 6.07) is 10.1. The molecule has 2 aromatic carbocycles. The van der Waals surface area contributed by atoms with Crippen LogP contribution in [0.15, 0.2) is 47.4 Å². The smallest absolute Gasteiger partial charge is 0.255 e. The van der Waals surface area contributed by atoms with Gasteiger partial charge in [0.25, 0.3) is 5.91 Å². The molecule has 0 radical (unpaired) electrons. The zero-order valence-corrected chi connectivity index (χ0v) is 15.1. The number of carbonyl (C=O) groups is 1. The summed E-state index contributed by atoms with van der Waals surface area (Å²) in [5, 5.41) is 2.48. The van der Waals surface area contributed by atoms with Crippen LogP contribution in [0, 0.1) is 12.7 Å². The Hall–Kier alpha value is -2.29. The number of morpholine rings is 1. The van der Waals surface area contributed by atoms with Gasteiger partial charge in [-0.3, -0.25) is 4.79 Å². The molecule has 138 valence electrons. The summed E-state index contributed by atoms with van der Waals surface area (Å²) in [6.45, 7) is 3.08. The molecule has 1 fully saturated rings. The van der Waals surface area contributed by atoms with Crippen molar-refractivity contribution in [3.05, 3.63) is 59.4 Å². The van der Waals surface area contributed by atoms with Crippen LogP contribution in [0.3, 0.4) is 0 Å². The van der Waals surface area contributed by atoms with Crippen LogP contribution in [-0.4, -0.2) is 44.9 Å². The minimum Gasteiger partial charge on any atom is -0.379 e. The molecule has 2 aromatic rings. The Morgan fingerprint density at radius 3 is 2.38 bits per heavy atom. The number of nitrogens with zero attached hydrogens (tertiary/aromatic N) is 1. The Labute approximate surface area is 151 Å². The third-order valence-electron chi connectivity index (χ3n) is 4.10. The molecule has 26 heavy (non-hydrogen) atoms. The van der Waals surface area contributed by atoms with E-state index in [-0.39, 0.29) is 16.1 Å². The molecule has 1 aliphatic heterocycles. The molecule has 8 heteroatoms. The number of hydrogen-bond acceptors (Lipinski definition) is 4. The first-order valence-electron chi connectivity index (χ1n) is 8.13. The molecule has 0 spiro atoms. The number of halogens is 1. The molecule has 1 aliphatic rings. The third kappa shape index (κ3) is 3.92. The number of carbonyl (C=O) groups excluding carboxylic acids is 1. The average Bonchev–Trinajstić information content (AvgIpc) is 2.65. The predicted octanol–water partition coefficient (Wildman–Crippen LogP) is 2.41. The van der Waals surface area contributed by atoms with Crippen molar-refractivity contribution in [2.75, 3.05) is 31.6 Å². The molecular weight excluding hydrogens is 359 g/mol. The fourth-order valence-electron chi connectivity index (χ4n) is 2.63. The Kier molecular flexibility index (Phi) is 5.36.